The third-order valence-corrected chi connectivity index (χ3v) is 4.16. The average molecular weight is 345 g/mol. The number of hydrogen-bond acceptors (Lipinski definition) is 4. The molecule has 0 aliphatic heterocycles. The molecule has 2 aromatic rings. The number of amides is 2. The van der Waals surface area contributed by atoms with Gasteiger partial charge >= 0.3 is 6.03 Å². The van der Waals surface area contributed by atoms with Crippen LogP contribution in [0.15, 0.2) is 36.7 Å². The van der Waals surface area contributed by atoms with Crippen LogP contribution < -0.4 is 10.6 Å². The molecule has 2 rings (SSSR count). The lowest BCUT2D eigenvalue weighted by molar-refractivity contribution is 0.119. The highest BCUT2D eigenvalue weighted by atomic mass is 16.5. The van der Waals surface area contributed by atoms with Gasteiger partial charge in [-0.25, -0.2) is 4.79 Å². The van der Waals surface area contributed by atoms with Crippen LogP contribution in [0.25, 0.3) is 0 Å². The van der Waals surface area contributed by atoms with Crippen molar-refractivity contribution in [1.82, 2.24) is 20.0 Å². The maximum atomic E-state index is 12.2. The number of aromatic nitrogens is 2. The highest BCUT2D eigenvalue weighted by Crippen LogP contribution is 2.20. The van der Waals surface area contributed by atoms with Crippen molar-refractivity contribution >= 4 is 11.7 Å². The predicted molar refractivity (Wildman–Crippen MR) is 98.5 cm³/mol. The van der Waals surface area contributed by atoms with E-state index in [1.807, 2.05) is 64.7 Å². The van der Waals surface area contributed by atoms with E-state index < -0.39 is 0 Å². The van der Waals surface area contributed by atoms with Crippen molar-refractivity contribution in [3.8, 4) is 0 Å². The number of nitrogens with one attached hydrogen (secondary N) is 2. The van der Waals surface area contributed by atoms with E-state index >= 15 is 0 Å². The van der Waals surface area contributed by atoms with Crippen molar-refractivity contribution in [2.45, 2.75) is 19.1 Å². The standard InChI is InChI=1S/C18H27N5O2/c1-13(25-5)14-7-6-8-16(9-14)21-18(24)19-11-17(22(2)3)15-10-20-23(4)12-15/h6-10,12-13,17H,11H2,1-5H3,(H2,19,21,24)/t13-,17-/m1/s1. The number of nitrogens with zero attached hydrogens (tertiary/aromatic N) is 3. The zero-order chi connectivity index (χ0) is 18.4. The first-order valence-electron chi connectivity index (χ1n) is 8.23. The normalized spacial score (nSPS) is 13.5. The van der Waals surface area contributed by atoms with Crippen LogP contribution in [0.2, 0.25) is 0 Å². The van der Waals surface area contributed by atoms with Crippen LogP contribution in [0.1, 0.15) is 30.2 Å². The zero-order valence-electron chi connectivity index (χ0n) is 15.5. The van der Waals surface area contributed by atoms with Gasteiger partial charge in [0.1, 0.15) is 0 Å². The molecule has 0 aliphatic rings. The van der Waals surface area contributed by atoms with Crippen LogP contribution in [-0.2, 0) is 11.8 Å². The van der Waals surface area contributed by atoms with E-state index in [1.54, 1.807) is 11.8 Å². The van der Waals surface area contributed by atoms with E-state index in [9.17, 15) is 4.79 Å². The van der Waals surface area contributed by atoms with E-state index in [0.717, 1.165) is 16.8 Å². The first-order valence-corrected chi connectivity index (χ1v) is 8.23. The molecule has 2 atom stereocenters. The van der Waals surface area contributed by atoms with Gasteiger partial charge in [-0.2, -0.15) is 5.10 Å². The molecule has 1 heterocycles. The van der Waals surface area contributed by atoms with Crippen LogP contribution in [0.3, 0.4) is 0 Å². The second-order valence-corrected chi connectivity index (χ2v) is 6.27. The van der Waals surface area contributed by atoms with Gasteiger partial charge in [0.05, 0.1) is 18.3 Å². The summed E-state index contributed by atoms with van der Waals surface area (Å²) in [6, 6.07) is 7.46. The van der Waals surface area contributed by atoms with Gasteiger partial charge in [-0.1, -0.05) is 12.1 Å². The smallest absolute Gasteiger partial charge is 0.319 e. The Morgan fingerprint density at radius 3 is 2.72 bits per heavy atom. The molecule has 0 saturated carbocycles. The van der Waals surface area contributed by atoms with Gasteiger partial charge in [0.15, 0.2) is 0 Å². The molecule has 0 unspecified atom stereocenters. The SMILES string of the molecule is CO[C@H](C)c1cccc(NC(=O)NC[C@H](c2cnn(C)c2)N(C)C)c1. The Labute approximate surface area is 149 Å². The second kappa shape index (κ2) is 8.64. The lowest BCUT2D eigenvalue weighted by Gasteiger charge is -2.23. The summed E-state index contributed by atoms with van der Waals surface area (Å²) in [6.45, 7) is 2.45. The minimum atomic E-state index is -0.238. The van der Waals surface area contributed by atoms with Crippen LogP contribution in [0.5, 0.6) is 0 Å². The van der Waals surface area contributed by atoms with E-state index in [2.05, 4.69) is 20.6 Å². The summed E-state index contributed by atoms with van der Waals surface area (Å²) < 4.78 is 7.07. The second-order valence-electron chi connectivity index (χ2n) is 6.27. The maximum Gasteiger partial charge on any atom is 0.319 e. The van der Waals surface area contributed by atoms with Gasteiger partial charge < -0.3 is 20.3 Å². The third kappa shape index (κ3) is 5.30. The van der Waals surface area contributed by atoms with Crippen molar-refractivity contribution in [3.05, 3.63) is 47.8 Å². The molecule has 0 fully saturated rings. The number of methoxy groups -OCH3 is 1. The first kappa shape index (κ1) is 19.0. The Kier molecular flexibility index (Phi) is 6.55. The van der Waals surface area contributed by atoms with E-state index in [0.29, 0.717) is 6.54 Å². The van der Waals surface area contributed by atoms with Crippen molar-refractivity contribution in [2.24, 2.45) is 7.05 Å². The number of anilines is 1. The molecule has 25 heavy (non-hydrogen) atoms. The molecule has 0 bridgehead atoms. The molecule has 0 radical (unpaired) electrons. The molecule has 136 valence electrons. The molecule has 0 aliphatic carbocycles. The van der Waals surface area contributed by atoms with Gasteiger partial charge in [0.2, 0.25) is 0 Å². The highest BCUT2D eigenvalue weighted by Gasteiger charge is 2.17. The number of aryl methyl sites for hydroxylation is 1. The third-order valence-electron chi connectivity index (χ3n) is 4.16. The summed E-state index contributed by atoms with van der Waals surface area (Å²) in [5, 5.41) is 9.99. The van der Waals surface area contributed by atoms with E-state index in [4.69, 9.17) is 4.74 Å². The minimum absolute atomic E-state index is 0.0199. The van der Waals surface area contributed by atoms with Gasteiger partial charge in [0, 0.05) is 38.1 Å². The van der Waals surface area contributed by atoms with Crippen molar-refractivity contribution in [3.63, 3.8) is 0 Å². The van der Waals surface area contributed by atoms with Crippen molar-refractivity contribution in [2.75, 3.05) is 33.1 Å². The first-order chi connectivity index (χ1) is 11.9. The van der Waals surface area contributed by atoms with Crippen molar-refractivity contribution < 1.29 is 9.53 Å². The van der Waals surface area contributed by atoms with Gasteiger partial charge in [-0.3, -0.25) is 4.68 Å². The number of urea groups is 1. The fourth-order valence-corrected chi connectivity index (χ4v) is 2.58. The molecular formula is C18H27N5O2. The summed E-state index contributed by atoms with van der Waals surface area (Å²) in [5.41, 5.74) is 2.81. The molecular weight excluding hydrogens is 318 g/mol. The van der Waals surface area contributed by atoms with Crippen molar-refractivity contribution in [1.29, 1.82) is 0 Å². The van der Waals surface area contributed by atoms with Crippen LogP contribution >= 0.6 is 0 Å². The fourth-order valence-electron chi connectivity index (χ4n) is 2.58. The zero-order valence-corrected chi connectivity index (χ0v) is 15.5. The molecule has 7 nitrogen and oxygen atoms in total. The topological polar surface area (TPSA) is 71.4 Å². The molecule has 0 spiro atoms. The van der Waals surface area contributed by atoms with E-state index in [-0.39, 0.29) is 18.2 Å². The maximum absolute atomic E-state index is 12.2. The monoisotopic (exact) mass is 345 g/mol. The summed E-state index contributed by atoms with van der Waals surface area (Å²) >= 11 is 0. The lowest BCUT2D eigenvalue weighted by atomic mass is 10.1. The van der Waals surface area contributed by atoms with Gasteiger partial charge in [0.25, 0.3) is 0 Å². The minimum Gasteiger partial charge on any atom is -0.377 e. The highest BCUT2D eigenvalue weighted by molar-refractivity contribution is 5.89. The summed E-state index contributed by atoms with van der Waals surface area (Å²) in [4.78, 5) is 14.3. The fraction of sp³-hybridized carbons (Fsp3) is 0.444. The number of likely N-dealkylation sites (N-methyl/N-ethyl adjacent to an activating group) is 1. The Balaban J connectivity index is 1.95. The molecule has 2 N–H and O–H groups in total. The largest absolute Gasteiger partial charge is 0.377 e. The number of carbonyl (C=O) groups is 1. The molecule has 7 heteroatoms. The summed E-state index contributed by atoms with van der Waals surface area (Å²) in [7, 11) is 7.50. The molecule has 1 aromatic heterocycles. The summed E-state index contributed by atoms with van der Waals surface area (Å²) in [5.74, 6) is 0. The number of carbonyl (C=O) groups excluding carboxylic acids is 1. The summed E-state index contributed by atoms with van der Waals surface area (Å²) in [6.07, 6.45) is 3.76. The number of ether oxygens (including phenoxy) is 1. The van der Waals surface area contributed by atoms with E-state index in [1.165, 1.54) is 0 Å². The quantitative estimate of drug-likeness (QED) is 0.809. The van der Waals surface area contributed by atoms with Crippen LogP contribution in [0, 0.1) is 0 Å². The Bertz CT molecular complexity index is 698. The number of hydrogen-bond donors (Lipinski definition) is 2. The predicted octanol–water partition coefficient (Wildman–Crippen LogP) is 2.55. The average Bonchev–Trinajstić information content (AvgIpc) is 3.00. The lowest BCUT2D eigenvalue weighted by Crippen LogP contribution is -2.36. The number of benzene rings is 1. The van der Waals surface area contributed by atoms with Crippen LogP contribution in [0.4, 0.5) is 10.5 Å². The Morgan fingerprint density at radius 1 is 1.36 bits per heavy atom. The van der Waals surface area contributed by atoms with Crippen LogP contribution in [-0.4, -0.2) is 48.5 Å². The Hall–Kier alpha value is -2.38. The Morgan fingerprint density at radius 2 is 2.12 bits per heavy atom. The molecule has 2 amide bonds. The molecule has 1 aromatic carbocycles. The molecule has 0 saturated heterocycles. The van der Waals surface area contributed by atoms with Gasteiger partial charge in [-0.05, 0) is 38.7 Å². The van der Waals surface area contributed by atoms with Gasteiger partial charge in [-0.15, -0.1) is 0 Å². The number of rotatable bonds is 7.